The quantitative estimate of drug-likeness (QED) is 0.742. The molecule has 21 heavy (non-hydrogen) atoms. The van der Waals surface area contributed by atoms with Gasteiger partial charge in [0.15, 0.2) is 0 Å². The summed E-state index contributed by atoms with van der Waals surface area (Å²) in [5.41, 5.74) is 2.11. The van der Waals surface area contributed by atoms with Crippen LogP contribution in [0, 0.1) is 0 Å². The minimum absolute atomic E-state index is 0.0197. The van der Waals surface area contributed by atoms with Crippen molar-refractivity contribution in [1.29, 1.82) is 0 Å². The van der Waals surface area contributed by atoms with E-state index in [1.807, 2.05) is 29.9 Å². The van der Waals surface area contributed by atoms with Crippen molar-refractivity contribution in [2.24, 2.45) is 0 Å². The molecular formula is C14H16Br2ClN3O. The molecule has 7 heteroatoms. The highest BCUT2D eigenvalue weighted by Gasteiger charge is 2.21. The Hall–Kier alpha value is -0.400. The molecule has 2 aromatic rings. The van der Waals surface area contributed by atoms with Crippen molar-refractivity contribution < 1.29 is 4.74 Å². The third-order valence-electron chi connectivity index (χ3n) is 3.12. The minimum Gasteiger partial charge on any atom is -0.383 e. The summed E-state index contributed by atoms with van der Waals surface area (Å²) < 4.78 is 8.98. The number of rotatable bonds is 6. The van der Waals surface area contributed by atoms with Crippen LogP contribution in [0.5, 0.6) is 0 Å². The van der Waals surface area contributed by atoms with E-state index in [-0.39, 0.29) is 6.04 Å². The highest BCUT2D eigenvalue weighted by atomic mass is 79.9. The van der Waals surface area contributed by atoms with Gasteiger partial charge >= 0.3 is 0 Å². The summed E-state index contributed by atoms with van der Waals surface area (Å²) >= 11 is 13.2. The van der Waals surface area contributed by atoms with Crippen molar-refractivity contribution in [3.05, 3.63) is 49.6 Å². The Morgan fingerprint density at radius 3 is 2.76 bits per heavy atom. The fourth-order valence-electron chi connectivity index (χ4n) is 2.22. The van der Waals surface area contributed by atoms with E-state index >= 15 is 0 Å². The lowest BCUT2D eigenvalue weighted by molar-refractivity contribution is 0.182. The van der Waals surface area contributed by atoms with Gasteiger partial charge in [0.2, 0.25) is 0 Å². The van der Waals surface area contributed by atoms with Crippen molar-refractivity contribution in [3.63, 3.8) is 0 Å². The topological polar surface area (TPSA) is 39.1 Å². The molecule has 0 saturated heterocycles. The largest absolute Gasteiger partial charge is 0.383 e. The molecule has 1 unspecified atom stereocenters. The summed E-state index contributed by atoms with van der Waals surface area (Å²) in [6, 6.07) is 5.85. The second-order valence-electron chi connectivity index (χ2n) is 4.52. The van der Waals surface area contributed by atoms with Gasteiger partial charge in [-0.25, -0.2) is 0 Å². The summed E-state index contributed by atoms with van der Waals surface area (Å²) in [7, 11) is 3.60. The molecule has 0 amide bonds. The zero-order valence-corrected chi connectivity index (χ0v) is 15.7. The third-order valence-corrected chi connectivity index (χ3v) is 4.41. The predicted molar refractivity (Wildman–Crippen MR) is 91.9 cm³/mol. The molecular weight excluding hydrogens is 421 g/mol. The van der Waals surface area contributed by atoms with Crippen molar-refractivity contribution in [2.75, 3.05) is 20.8 Å². The maximum atomic E-state index is 6.16. The zero-order chi connectivity index (χ0) is 15.4. The number of hydrogen-bond donors (Lipinski definition) is 1. The van der Waals surface area contributed by atoms with Crippen LogP contribution in [-0.4, -0.2) is 30.5 Å². The van der Waals surface area contributed by atoms with E-state index in [2.05, 4.69) is 42.3 Å². The highest BCUT2D eigenvalue weighted by Crippen LogP contribution is 2.31. The van der Waals surface area contributed by atoms with Crippen LogP contribution in [0.3, 0.4) is 0 Å². The Morgan fingerprint density at radius 1 is 1.38 bits per heavy atom. The number of ether oxygens (including phenoxy) is 1. The number of halogens is 3. The fourth-order valence-corrected chi connectivity index (χ4v) is 3.63. The monoisotopic (exact) mass is 435 g/mol. The van der Waals surface area contributed by atoms with Gasteiger partial charge in [-0.1, -0.05) is 27.5 Å². The number of aromatic nitrogens is 2. The van der Waals surface area contributed by atoms with E-state index in [0.717, 1.165) is 20.2 Å². The summed E-state index contributed by atoms with van der Waals surface area (Å²) in [4.78, 5) is 0. The molecule has 114 valence electrons. The van der Waals surface area contributed by atoms with E-state index in [4.69, 9.17) is 16.3 Å². The Bertz CT molecular complexity index is 598. The predicted octanol–water partition coefficient (Wildman–Crippen LogP) is 4.02. The first-order valence-electron chi connectivity index (χ1n) is 6.40. The lowest BCUT2D eigenvalue weighted by Crippen LogP contribution is -2.23. The third kappa shape index (κ3) is 4.07. The second-order valence-corrected chi connectivity index (χ2v) is 6.72. The van der Waals surface area contributed by atoms with Gasteiger partial charge < -0.3 is 10.1 Å². The minimum atomic E-state index is -0.0197. The second kappa shape index (κ2) is 7.74. The summed E-state index contributed by atoms with van der Waals surface area (Å²) in [6.45, 7) is 1.30. The molecule has 0 aliphatic heterocycles. The van der Waals surface area contributed by atoms with E-state index in [9.17, 15) is 0 Å². The Labute approximate surface area is 146 Å². The van der Waals surface area contributed by atoms with Gasteiger partial charge in [0.25, 0.3) is 0 Å². The molecule has 1 aromatic carbocycles. The molecule has 2 rings (SSSR count). The number of methoxy groups -OCH3 is 1. The molecule has 1 N–H and O–H groups in total. The van der Waals surface area contributed by atoms with Gasteiger partial charge in [0.1, 0.15) is 0 Å². The lowest BCUT2D eigenvalue weighted by atomic mass is 10.0. The first kappa shape index (κ1) is 17.0. The number of nitrogens with zero attached hydrogens (tertiary/aromatic N) is 2. The van der Waals surface area contributed by atoms with Gasteiger partial charge in [-0.15, -0.1) is 0 Å². The van der Waals surface area contributed by atoms with Crippen LogP contribution in [-0.2, 0) is 11.3 Å². The summed E-state index contributed by atoms with van der Waals surface area (Å²) in [5, 5.41) is 8.41. The summed E-state index contributed by atoms with van der Waals surface area (Å²) in [6.07, 6.45) is 1.80. The molecule has 0 aliphatic carbocycles. The van der Waals surface area contributed by atoms with Crippen LogP contribution in [0.4, 0.5) is 0 Å². The SMILES string of the molecule is CNC(c1cc(Cl)cc(Br)c1)c1c(Br)cnn1CCOC. The van der Waals surface area contributed by atoms with Crippen LogP contribution in [0.1, 0.15) is 17.3 Å². The average molecular weight is 438 g/mol. The van der Waals surface area contributed by atoms with Gasteiger partial charge in [-0.3, -0.25) is 4.68 Å². The fraction of sp³-hybridized carbons (Fsp3) is 0.357. The number of nitrogens with one attached hydrogen (secondary N) is 1. The zero-order valence-electron chi connectivity index (χ0n) is 11.7. The summed E-state index contributed by atoms with van der Waals surface area (Å²) in [5.74, 6) is 0. The highest BCUT2D eigenvalue weighted by molar-refractivity contribution is 9.10. The molecule has 1 aromatic heterocycles. The van der Waals surface area contributed by atoms with Gasteiger partial charge in [-0.2, -0.15) is 5.10 Å². The molecule has 0 radical (unpaired) electrons. The van der Waals surface area contributed by atoms with E-state index < -0.39 is 0 Å². The van der Waals surface area contributed by atoms with Crippen molar-refractivity contribution >= 4 is 43.5 Å². The van der Waals surface area contributed by atoms with E-state index in [1.165, 1.54) is 0 Å². The van der Waals surface area contributed by atoms with Crippen LogP contribution in [0.2, 0.25) is 5.02 Å². The number of benzene rings is 1. The average Bonchev–Trinajstić information content (AvgIpc) is 2.78. The first-order valence-corrected chi connectivity index (χ1v) is 8.36. The van der Waals surface area contributed by atoms with Crippen LogP contribution in [0.15, 0.2) is 33.3 Å². The Balaban J connectivity index is 2.43. The first-order chi connectivity index (χ1) is 10.1. The van der Waals surface area contributed by atoms with Gasteiger partial charge in [0.05, 0.1) is 35.6 Å². The standard InChI is InChI=1S/C14H16Br2ClN3O/c1-18-13(9-5-10(15)7-11(17)6-9)14-12(16)8-19-20(14)3-4-21-2/h5-8,13,18H,3-4H2,1-2H3. The van der Waals surface area contributed by atoms with Gasteiger partial charge in [0, 0.05) is 16.6 Å². The number of hydrogen-bond acceptors (Lipinski definition) is 3. The Morgan fingerprint density at radius 2 is 2.14 bits per heavy atom. The van der Waals surface area contributed by atoms with Crippen LogP contribution < -0.4 is 5.32 Å². The molecule has 0 bridgehead atoms. The molecule has 4 nitrogen and oxygen atoms in total. The van der Waals surface area contributed by atoms with Crippen molar-refractivity contribution in [3.8, 4) is 0 Å². The molecule has 1 atom stereocenters. The van der Waals surface area contributed by atoms with Gasteiger partial charge in [-0.05, 0) is 46.7 Å². The maximum Gasteiger partial charge on any atom is 0.0758 e. The lowest BCUT2D eigenvalue weighted by Gasteiger charge is -2.20. The van der Waals surface area contributed by atoms with E-state index in [1.54, 1.807) is 13.3 Å². The van der Waals surface area contributed by atoms with E-state index in [0.29, 0.717) is 18.2 Å². The smallest absolute Gasteiger partial charge is 0.0758 e. The molecule has 0 aliphatic rings. The maximum absolute atomic E-state index is 6.16. The Kier molecular flexibility index (Phi) is 6.25. The molecule has 0 saturated carbocycles. The molecule has 1 heterocycles. The van der Waals surface area contributed by atoms with Crippen molar-refractivity contribution in [1.82, 2.24) is 15.1 Å². The molecule has 0 spiro atoms. The normalized spacial score (nSPS) is 12.6. The molecule has 0 fully saturated rings. The van der Waals surface area contributed by atoms with Crippen LogP contribution in [0.25, 0.3) is 0 Å². The van der Waals surface area contributed by atoms with Crippen LogP contribution >= 0.6 is 43.5 Å². The van der Waals surface area contributed by atoms with Crippen molar-refractivity contribution in [2.45, 2.75) is 12.6 Å².